The van der Waals surface area contributed by atoms with E-state index in [0.717, 1.165) is 10.9 Å². The van der Waals surface area contributed by atoms with Gasteiger partial charge >= 0.3 is 5.97 Å². The van der Waals surface area contributed by atoms with Gasteiger partial charge in [0.25, 0.3) is 0 Å². The highest BCUT2D eigenvalue weighted by atomic mass is 79.9. The lowest BCUT2D eigenvalue weighted by molar-refractivity contribution is 0.0474. The Bertz CT molecular complexity index is 846. The zero-order valence-corrected chi connectivity index (χ0v) is 13.0. The Hall–Kier alpha value is -2.27. The highest BCUT2D eigenvalue weighted by molar-refractivity contribution is 9.10. The highest BCUT2D eigenvalue weighted by Crippen LogP contribution is 2.21. The van der Waals surface area contributed by atoms with Crippen LogP contribution in [-0.2, 0) is 11.3 Å². The smallest absolute Gasteiger partial charge is 0.339 e. The summed E-state index contributed by atoms with van der Waals surface area (Å²) in [6.45, 7) is 0.0658. The van der Waals surface area contributed by atoms with Gasteiger partial charge in [-0.2, -0.15) is 0 Å². The van der Waals surface area contributed by atoms with Crippen LogP contribution in [0.3, 0.4) is 0 Å². The van der Waals surface area contributed by atoms with Crippen molar-refractivity contribution in [2.24, 2.45) is 0 Å². The minimum Gasteiger partial charge on any atom is -0.457 e. The molecular formula is C17H11BrFNO2. The maximum Gasteiger partial charge on any atom is 0.339 e. The second-order valence-electron chi connectivity index (χ2n) is 4.69. The molecule has 1 aromatic heterocycles. The number of nitrogens with zero attached hydrogens (tertiary/aromatic N) is 1. The van der Waals surface area contributed by atoms with E-state index < -0.39 is 5.97 Å². The van der Waals surface area contributed by atoms with Gasteiger partial charge in [0, 0.05) is 21.6 Å². The van der Waals surface area contributed by atoms with Gasteiger partial charge in [-0.3, -0.25) is 4.98 Å². The van der Waals surface area contributed by atoms with Crippen LogP contribution in [0.25, 0.3) is 10.9 Å². The van der Waals surface area contributed by atoms with E-state index in [-0.39, 0.29) is 12.4 Å². The van der Waals surface area contributed by atoms with E-state index in [1.807, 2.05) is 12.1 Å². The number of rotatable bonds is 3. The number of esters is 1. The van der Waals surface area contributed by atoms with Crippen LogP contribution in [0.5, 0.6) is 0 Å². The summed E-state index contributed by atoms with van der Waals surface area (Å²) in [4.78, 5) is 16.5. The number of halogens is 2. The van der Waals surface area contributed by atoms with Crippen LogP contribution in [0.15, 0.2) is 59.2 Å². The molecule has 0 atom stereocenters. The number of fused-ring (bicyclic) bond motifs is 1. The van der Waals surface area contributed by atoms with Crippen molar-refractivity contribution in [3.8, 4) is 0 Å². The van der Waals surface area contributed by atoms with Crippen LogP contribution in [0, 0.1) is 5.82 Å². The Kier molecular flexibility index (Phi) is 4.15. The molecule has 0 amide bonds. The van der Waals surface area contributed by atoms with E-state index in [0.29, 0.717) is 15.6 Å². The van der Waals surface area contributed by atoms with E-state index >= 15 is 0 Å². The van der Waals surface area contributed by atoms with Gasteiger partial charge in [-0.15, -0.1) is 0 Å². The predicted octanol–water partition coefficient (Wildman–Crippen LogP) is 4.49. The SMILES string of the molecule is O=C(OCc1ccc(F)cc1Br)c1cccc2ncccc12. The summed E-state index contributed by atoms with van der Waals surface area (Å²) in [6, 6.07) is 13.1. The van der Waals surface area contributed by atoms with Gasteiger partial charge < -0.3 is 4.74 Å². The Morgan fingerprint density at radius 1 is 1.18 bits per heavy atom. The number of carbonyl (C=O) groups excluding carboxylic acids is 1. The molecule has 1 heterocycles. The number of hydrogen-bond acceptors (Lipinski definition) is 3. The number of carbonyl (C=O) groups is 1. The van der Waals surface area contributed by atoms with Crippen molar-refractivity contribution >= 4 is 32.8 Å². The molecular weight excluding hydrogens is 349 g/mol. The second-order valence-corrected chi connectivity index (χ2v) is 5.54. The molecule has 0 aliphatic rings. The predicted molar refractivity (Wildman–Crippen MR) is 85.0 cm³/mol. The lowest BCUT2D eigenvalue weighted by atomic mass is 10.1. The van der Waals surface area contributed by atoms with Gasteiger partial charge in [-0.25, -0.2) is 9.18 Å². The second kappa shape index (κ2) is 6.23. The van der Waals surface area contributed by atoms with Gasteiger partial charge in [-0.1, -0.05) is 34.1 Å². The molecule has 0 radical (unpaired) electrons. The van der Waals surface area contributed by atoms with Crippen molar-refractivity contribution in [3.05, 3.63) is 76.1 Å². The van der Waals surface area contributed by atoms with Gasteiger partial charge in [-0.05, 0) is 30.3 Å². The lowest BCUT2D eigenvalue weighted by Crippen LogP contribution is -2.06. The molecule has 0 saturated heterocycles. The summed E-state index contributed by atoms with van der Waals surface area (Å²) in [5.41, 5.74) is 1.90. The van der Waals surface area contributed by atoms with Crippen LogP contribution < -0.4 is 0 Å². The minimum absolute atomic E-state index is 0.0658. The average Bonchev–Trinajstić information content (AvgIpc) is 2.53. The first-order chi connectivity index (χ1) is 10.6. The van der Waals surface area contributed by atoms with Crippen LogP contribution in [0.2, 0.25) is 0 Å². The third-order valence-corrected chi connectivity index (χ3v) is 3.98. The third kappa shape index (κ3) is 2.99. The van der Waals surface area contributed by atoms with Crippen molar-refractivity contribution in [1.82, 2.24) is 4.98 Å². The van der Waals surface area contributed by atoms with Gasteiger partial charge in [0.1, 0.15) is 12.4 Å². The summed E-state index contributed by atoms with van der Waals surface area (Å²) in [5, 5.41) is 0.744. The molecule has 110 valence electrons. The molecule has 22 heavy (non-hydrogen) atoms. The van der Waals surface area contributed by atoms with Gasteiger partial charge in [0.15, 0.2) is 0 Å². The summed E-state index contributed by atoms with van der Waals surface area (Å²) in [7, 11) is 0. The van der Waals surface area contributed by atoms with Crippen molar-refractivity contribution in [2.45, 2.75) is 6.61 Å². The summed E-state index contributed by atoms with van der Waals surface area (Å²) >= 11 is 3.25. The normalized spacial score (nSPS) is 10.6. The number of hydrogen-bond donors (Lipinski definition) is 0. The fourth-order valence-electron chi connectivity index (χ4n) is 2.14. The molecule has 3 aromatic rings. The quantitative estimate of drug-likeness (QED) is 0.646. The Labute approximate surface area is 134 Å². The van der Waals surface area contributed by atoms with Crippen molar-refractivity contribution < 1.29 is 13.9 Å². The van der Waals surface area contributed by atoms with E-state index in [9.17, 15) is 9.18 Å². The topological polar surface area (TPSA) is 39.2 Å². The average molecular weight is 360 g/mol. The molecule has 3 nitrogen and oxygen atoms in total. The fourth-order valence-corrected chi connectivity index (χ4v) is 2.61. The van der Waals surface area contributed by atoms with E-state index in [1.54, 1.807) is 30.5 Å². The van der Waals surface area contributed by atoms with Gasteiger partial charge in [0.2, 0.25) is 0 Å². The monoisotopic (exact) mass is 359 g/mol. The van der Waals surface area contributed by atoms with Crippen molar-refractivity contribution in [3.63, 3.8) is 0 Å². The van der Waals surface area contributed by atoms with E-state index in [4.69, 9.17) is 4.74 Å². The standard InChI is InChI=1S/C17H11BrFNO2/c18-15-9-12(19)7-6-11(15)10-22-17(21)14-3-1-5-16-13(14)4-2-8-20-16/h1-9H,10H2. The lowest BCUT2D eigenvalue weighted by Gasteiger charge is -2.08. The first kappa shape index (κ1) is 14.7. The molecule has 0 fully saturated rings. The molecule has 5 heteroatoms. The van der Waals surface area contributed by atoms with Gasteiger partial charge in [0.05, 0.1) is 11.1 Å². The Balaban J connectivity index is 1.82. The highest BCUT2D eigenvalue weighted by Gasteiger charge is 2.12. The van der Waals surface area contributed by atoms with Crippen LogP contribution in [0.1, 0.15) is 15.9 Å². The molecule has 0 unspecified atom stereocenters. The molecule has 0 aliphatic carbocycles. The first-order valence-electron chi connectivity index (χ1n) is 6.60. The van der Waals surface area contributed by atoms with Crippen LogP contribution >= 0.6 is 15.9 Å². The molecule has 0 aliphatic heterocycles. The molecule has 2 aromatic carbocycles. The summed E-state index contributed by atoms with van der Waals surface area (Å²) in [5.74, 6) is -0.781. The Morgan fingerprint density at radius 2 is 2.05 bits per heavy atom. The van der Waals surface area contributed by atoms with Crippen LogP contribution in [-0.4, -0.2) is 11.0 Å². The maximum absolute atomic E-state index is 13.0. The largest absolute Gasteiger partial charge is 0.457 e. The fraction of sp³-hybridized carbons (Fsp3) is 0.0588. The van der Waals surface area contributed by atoms with Crippen molar-refractivity contribution in [1.29, 1.82) is 0 Å². The molecule has 3 rings (SSSR count). The van der Waals surface area contributed by atoms with Crippen LogP contribution in [0.4, 0.5) is 4.39 Å². The molecule has 0 bridgehead atoms. The maximum atomic E-state index is 13.0. The first-order valence-corrected chi connectivity index (χ1v) is 7.39. The summed E-state index contributed by atoms with van der Waals surface area (Å²) in [6.07, 6.45) is 1.67. The number of aromatic nitrogens is 1. The molecule has 0 saturated carbocycles. The zero-order valence-electron chi connectivity index (χ0n) is 11.4. The number of pyridine rings is 1. The zero-order chi connectivity index (χ0) is 15.5. The minimum atomic E-state index is -0.435. The molecule has 0 N–H and O–H groups in total. The molecule has 0 spiro atoms. The summed E-state index contributed by atoms with van der Waals surface area (Å²) < 4.78 is 18.9. The Morgan fingerprint density at radius 3 is 2.86 bits per heavy atom. The van der Waals surface area contributed by atoms with Crippen molar-refractivity contribution in [2.75, 3.05) is 0 Å². The van der Waals surface area contributed by atoms with E-state index in [1.165, 1.54) is 12.1 Å². The number of benzene rings is 2. The number of ether oxygens (including phenoxy) is 1. The third-order valence-electron chi connectivity index (χ3n) is 3.24. The van der Waals surface area contributed by atoms with E-state index in [2.05, 4.69) is 20.9 Å².